The Hall–Kier alpha value is -3.39. The van der Waals surface area contributed by atoms with E-state index in [1.165, 1.54) is 36.2 Å². The largest absolute Gasteiger partial charge is 0.452 e. The van der Waals surface area contributed by atoms with Crippen LogP contribution >= 0.6 is 0 Å². The number of sulfonamides is 1. The molecular weight excluding hydrogens is 404 g/mol. The Morgan fingerprint density at radius 2 is 1.53 bits per heavy atom. The van der Waals surface area contributed by atoms with Crippen molar-refractivity contribution >= 4 is 27.6 Å². The molecule has 0 spiro atoms. The lowest BCUT2D eigenvalue weighted by molar-refractivity contribution is -0.133. The minimum Gasteiger partial charge on any atom is -0.452 e. The molecule has 0 unspecified atom stereocenters. The van der Waals surface area contributed by atoms with Crippen LogP contribution in [0.3, 0.4) is 0 Å². The van der Waals surface area contributed by atoms with E-state index in [-0.39, 0.29) is 16.4 Å². The van der Waals surface area contributed by atoms with E-state index in [0.29, 0.717) is 18.8 Å². The van der Waals surface area contributed by atoms with Gasteiger partial charge in [-0.05, 0) is 36.4 Å². The summed E-state index contributed by atoms with van der Waals surface area (Å²) < 4.78 is 31.7. The third kappa shape index (κ3) is 5.57. The van der Waals surface area contributed by atoms with Crippen LogP contribution < -0.4 is 4.31 Å². The zero-order valence-electron chi connectivity index (χ0n) is 16.7. The number of nitrogens with zero attached hydrogens (tertiary/aromatic N) is 2. The van der Waals surface area contributed by atoms with Gasteiger partial charge in [0.15, 0.2) is 6.61 Å². The number of benzene rings is 2. The molecule has 0 saturated heterocycles. The third-order valence-electron chi connectivity index (χ3n) is 4.25. The van der Waals surface area contributed by atoms with Gasteiger partial charge in [0.25, 0.3) is 15.9 Å². The summed E-state index contributed by atoms with van der Waals surface area (Å²) in [5, 5.41) is 0. The van der Waals surface area contributed by atoms with Crippen LogP contribution in [0, 0.1) is 0 Å². The molecule has 2 aromatic carbocycles. The molecule has 0 aliphatic heterocycles. The molecule has 0 atom stereocenters. The normalized spacial score (nSPS) is 10.7. The number of ether oxygens (including phenoxy) is 1. The maximum Gasteiger partial charge on any atom is 0.338 e. The number of hydrogen-bond donors (Lipinski definition) is 0. The fourth-order valence-corrected chi connectivity index (χ4v) is 3.79. The quantitative estimate of drug-likeness (QED) is 0.429. The van der Waals surface area contributed by atoms with Crippen LogP contribution in [0.1, 0.15) is 10.4 Å². The van der Waals surface area contributed by atoms with Crippen LogP contribution in [-0.4, -0.2) is 51.9 Å². The van der Waals surface area contributed by atoms with Crippen molar-refractivity contribution in [3.05, 3.63) is 85.5 Å². The third-order valence-corrected chi connectivity index (χ3v) is 6.05. The van der Waals surface area contributed by atoms with E-state index >= 15 is 0 Å². The number of rotatable bonds is 10. The molecule has 1 amide bonds. The summed E-state index contributed by atoms with van der Waals surface area (Å²) in [7, 11) is -2.33. The van der Waals surface area contributed by atoms with Crippen molar-refractivity contribution in [3.8, 4) is 0 Å². The summed E-state index contributed by atoms with van der Waals surface area (Å²) in [6.45, 7) is 7.34. The van der Waals surface area contributed by atoms with Gasteiger partial charge in [-0.1, -0.05) is 30.4 Å². The molecule has 0 aliphatic rings. The number of carbonyl (C=O) groups is 2. The maximum absolute atomic E-state index is 12.8. The van der Waals surface area contributed by atoms with Gasteiger partial charge in [-0.15, -0.1) is 13.2 Å². The molecular formula is C22H24N2O5S. The molecule has 0 aromatic heterocycles. The number of esters is 1. The highest BCUT2D eigenvalue weighted by Gasteiger charge is 2.22. The van der Waals surface area contributed by atoms with Gasteiger partial charge < -0.3 is 9.64 Å². The van der Waals surface area contributed by atoms with E-state index < -0.39 is 22.6 Å². The molecule has 0 heterocycles. The Labute approximate surface area is 176 Å². The number of hydrogen-bond acceptors (Lipinski definition) is 5. The predicted molar refractivity (Wildman–Crippen MR) is 116 cm³/mol. The number of amides is 1. The summed E-state index contributed by atoms with van der Waals surface area (Å²) in [5.41, 5.74) is 0.659. The molecule has 8 heteroatoms. The standard InChI is InChI=1S/C22H24N2O5S/c1-4-15-24(16-5-2)21(25)17-29-22(26)18-11-13-20(14-12-18)30(27,28)23(3)19-9-7-6-8-10-19/h4-14H,1-2,15-17H2,3H3. The highest BCUT2D eigenvalue weighted by atomic mass is 32.2. The average Bonchev–Trinajstić information content (AvgIpc) is 2.77. The van der Waals surface area contributed by atoms with Gasteiger partial charge in [0, 0.05) is 20.1 Å². The molecule has 0 bridgehead atoms. The van der Waals surface area contributed by atoms with E-state index in [0.717, 1.165) is 4.31 Å². The molecule has 2 aromatic rings. The van der Waals surface area contributed by atoms with Crippen molar-refractivity contribution in [1.29, 1.82) is 0 Å². The SMILES string of the molecule is C=CCN(CC=C)C(=O)COC(=O)c1ccc(S(=O)(=O)N(C)c2ccccc2)cc1. The lowest BCUT2D eigenvalue weighted by Gasteiger charge is -2.20. The van der Waals surface area contributed by atoms with Crippen molar-refractivity contribution < 1.29 is 22.7 Å². The monoisotopic (exact) mass is 428 g/mol. The van der Waals surface area contributed by atoms with Gasteiger partial charge in [0.2, 0.25) is 0 Å². The van der Waals surface area contributed by atoms with E-state index in [1.54, 1.807) is 42.5 Å². The predicted octanol–water partition coefficient (Wildman–Crippen LogP) is 2.87. The van der Waals surface area contributed by atoms with E-state index in [2.05, 4.69) is 13.2 Å². The molecule has 0 saturated carbocycles. The smallest absolute Gasteiger partial charge is 0.338 e. The lowest BCUT2D eigenvalue weighted by atomic mass is 10.2. The van der Waals surface area contributed by atoms with E-state index in [4.69, 9.17) is 4.74 Å². The van der Waals surface area contributed by atoms with Crippen LogP contribution in [-0.2, 0) is 19.6 Å². The van der Waals surface area contributed by atoms with Crippen LogP contribution in [0.4, 0.5) is 5.69 Å². The molecule has 0 fully saturated rings. The Morgan fingerprint density at radius 1 is 0.967 bits per heavy atom. The summed E-state index contributed by atoms with van der Waals surface area (Å²) in [5.74, 6) is -1.10. The van der Waals surface area contributed by atoms with Crippen molar-refractivity contribution in [2.24, 2.45) is 0 Å². The summed E-state index contributed by atoms with van der Waals surface area (Å²) >= 11 is 0. The summed E-state index contributed by atoms with van der Waals surface area (Å²) in [4.78, 5) is 25.8. The Kier molecular flexibility index (Phi) is 7.94. The highest BCUT2D eigenvalue weighted by molar-refractivity contribution is 7.92. The number of carbonyl (C=O) groups excluding carboxylic acids is 2. The second kappa shape index (κ2) is 10.4. The Morgan fingerprint density at radius 3 is 2.07 bits per heavy atom. The van der Waals surface area contributed by atoms with Crippen LogP contribution in [0.5, 0.6) is 0 Å². The first kappa shape index (κ1) is 22.9. The van der Waals surface area contributed by atoms with E-state index in [9.17, 15) is 18.0 Å². The number of para-hydroxylation sites is 1. The second-order valence-electron chi connectivity index (χ2n) is 6.28. The van der Waals surface area contributed by atoms with Crippen molar-refractivity contribution in [3.63, 3.8) is 0 Å². The van der Waals surface area contributed by atoms with Gasteiger partial charge in [-0.25, -0.2) is 13.2 Å². The molecule has 0 radical (unpaired) electrons. The molecule has 2 rings (SSSR count). The lowest BCUT2D eigenvalue weighted by Crippen LogP contribution is -2.35. The first-order valence-electron chi connectivity index (χ1n) is 9.12. The highest BCUT2D eigenvalue weighted by Crippen LogP contribution is 2.22. The molecule has 7 nitrogen and oxygen atoms in total. The van der Waals surface area contributed by atoms with Crippen LogP contribution in [0.2, 0.25) is 0 Å². The first-order chi connectivity index (χ1) is 14.3. The van der Waals surface area contributed by atoms with Crippen molar-refractivity contribution in [2.45, 2.75) is 4.90 Å². The molecule has 158 valence electrons. The van der Waals surface area contributed by atoms with Crippen molar-refractivity contribution in [2.75, 3.05) is 31.0 Å². The Bertz CT molecular complexity index is 992. The van der Waals surface area contributed by atoms with Gasteiger partial charge in [0.1, 0.15) is 0 Å². The maximum atomic E-state index is 12.8. The second-order valence-corrected chi connectivity index (χ2v) is 8.25. The Balaban J connectivity index is 2.06. The van der Waals surface area contributed by atoms with Crippen LogP contribution in [0.15, 0.2) is 84.8 Å². The topological polar surface area (TPSA) is 84.0 Å². The van der Waals surface area contributed by atoms with E-state index in [1.807, 2.05) is 0 Å². The number of anilines is 1. The zero-order valence-corrected chi connectivity index (χ0v) is 17.5. The zero-order chi connectivity index (χ0) is 22.1. The molecule has 0 N–H and O–H groups in total. The van der Waals surface area contributed by atoms with Crippen molar-refractivity contribution in [1.82, 2.24) is 4.90 Å². The van der Waals surface area contributed by atoms with Crippen LogP contribution in [0.25, 0.3) is 0 Å². The average molecular weight is 429 g/mol. The fourth-order valence-electron chi connectivity index (χ4n) is 2.59. The summed E-state index contributed by atoms with van der Waals surface area (Å²) in [6.07, 6.45) is 3.13. The fraction of sp³-hybridized carbons (Fsp3) is 0.182. The van der Waals surface area contributed by atoms with Gasteiger partial charge >= 0.3 is 5.97 Å². The van der Waals surface area contributed by atoms with Gasteiger partial charge in [0.05, 0.1) is 16.1 Å². The summed E-state index contributed by atoms with van der Waals surface area (Å²) in [6, 6.07) is 14.0. The molecule has 30 heavy (non-hydrogen) atoms. The minimum atomic E-state index is -3.78. The van der Waals surface area contributed by atoms with Gasteiger partial charge in [-0.2, -0.15) is 0 Å². The molecule has 0 aliphatic carbocycles. The minimum absolute atomic E-state index is 0.0321. The first-order valence-corrected chi connectivity index (χ1v) is 10.6. The van der Waals surface area contributed by atoms with Gasteiger partial charge in [-0.3, -0.25) is 9.10 Å².